The molecule has 0 nitrogen and oxygen atoms in total. The lowest BCUT2D eigenvalue weighted by molar-refractivity contribution is 0.467. The first-order chi connectivity index (χ1) is 4.30. The van der Waals surface area contributed by atoms with Crippen LogP contribution in [-0.4, -0.2) is 4.84 Å². The van der Waals surface area contributed by atoms with Crippen molar-refractivity contribution in [3.8, 4) is 0 Å². The first-order valence-electron chi connectivity index (χ1n) is 3.42. The third-order valence-corrected chi connectivity index (χ3v) is 2.43. The molecule has 9 heavy (non-hydrogen) atoms. The van der Waals surface area contributed by atoms with Crippen LogP contribution < -0.4 is 0 Å². The molecule has 2 heteroatoms. The molecule has 0 N–H and O–H groups in total. The average Bonchev–Trinajstić information content (AvgIpc) is 1.90. The lowest BCUT2D eigenvalue weighted by atomic mass is 9.91. The molecular weight excluding hydrogens is 155 g/mol. The van der Waals surface area contributed by atoms with E-state index in [1.807, 2.05) is 0 Å². The van der Waals surface area contributed by atoms with E-state index in [0.717, 1.165) is 0 Å². The molecule has 1 atom stereocenters. The van der Waals surface area contributed by atoms with E-state index in [1.165, 1.54) is 25.7 Å². The monoisotopic (exact) mass is 165 g/mol. The standard InChI is InChI=1S/C7H11Cl2/c8-7(9)6-4-2-1-3-5-6/h4,6-7H,1-3,5H2. The predicted octanol–water partition coefficient (Wildman–Crippen LogP) is 3.18. The van der Waals surface area contributed by atoms with Crippen molar-refractivity contribution in [3.05, 3.63) is 6.42 Å². The molecule has 0 heterocycles. The van der Waals surface area contributed by atoms with Crippen molar-refractivity contribution in [3.63, 3.8) is 0 Å². The Morgan fingerprint density at radius 1 is 1.33 bits per heavy atom. The Bertz CT molecular complexity index is 75.0. The van der Waals surface area contributed by atoms with Crippen LogP contribution in [0.2, 0.25) is 0 Å². The molecule has 0 aromatic heterocycles. The van der Waals surface area contributed by atoms with Gasteiger partial charge < -0.3 is 0 Å². The lowest BCUT2D eigenvalue weighted by Crippen LogP contribution is -2.13. The van der Waals surface area contributed by atoms with E-state index in [-0.39, 0.29) is 4.84 Å². The van der Waals surface area contributed by atoms with E-state index >= 15 is 0 Å². The molecule has 0 aromatic carbocycles. The van der Waals surface area contributed by atoms with Crippen molar-refractivity contribution in [2.45, 2.75) is 30.5 Å². The van der Waals surface area contributed by atoms with Gasteiger partial charge in [0.05, 0.1) is 0 Å². The minimum Gasteiger partial charge on any atom is -0.105 e. The van der Waals surface area contributed by atoms with E-state index < -0.39 is 0 Å². The van der Waals surface area contributed by atoms with Gasteiger partial charge >= 0.3 is 0 Å². The molecule has 53 valence electrons. The fourth-order valence-electron chi connectivity index (χ4n) is 1.20. The highest BCUT2D eigenvalue weighted by Crippen LogP contribution is 2.29. The Labute approximate surface area is 66.5 Å². The summed E-state index contributed by atoms with van der Waals surface area (Å²) in [5, 5.41) is 0. The summed E-state index contributed by atoms with van der Waals surface area (Å²) < 4.78 is 0. The molecule has 1 aliphatic carbocycles. The second-order valence-corrected chi connectivity index (χ2v) is 3.68. The van der Waals surface area contributed by atoms with Crippen LogP contribution in [0.15, 0.2) is 0 Å². The van der Waals surface area contributed by atoms with Crippen LogP contribution in [0.3, 0.4) is 0 Å². The molecule has 0 saturated heterocycles. The highest BCUT2D eigenvalue weighted by Gasteiger charge is 2.19. The predicted molar refractivity (Wildman–Crippen MR) is 41.8 cm³/mol. The van der Waals surface area contributed by atoms with Crippen LogP contribution in [0, 0.1) is 12.3 Å². The molecule has 1 unspecified atom stereocenters. The minimum absolute atomic E-state index is 0.176. The highest BCUT2D eigenvalue weighted by molar-refractivity contribution is 6.44. The zero-order valence-electron chi connectivity index (χ0n) is 5.32. The van der Waals surface area contributed by atoms with E-state index in [1.54, 1.807) is 0 Å². The topological polar surface area (TPSA) is 0 Å². The number of rotatable bonds is 1. The van der Waals surface area contributed by atoms with Crippen LogP contribution in [0.25, 0.3) is 0 Å². The van der Waals surface area contributed by atoms with Crippen LogP contribution in [-0.2, 0) is 0 Å². The fraction of sp³-hybridized carbons (Fsp3) is 0.857. The molecule has 1 fully saturated rings. The third-order valence-electron chi connectivity index (χ3n) is 1.78. The average molecular weight is 166 g/mol. The van der Waals surface area contributed by atoms with Gasteiger partial charge in [-0.3, -0.25) is 0 Å². The quantitative estimate of drug-likeness (QED) is 0.524. The molecule has 1 radical (unpaired) electrons. The van der Waals surface area contributed by atoms with E-state index in [4.69, 9.17) is 23.2 Å². The normalized spacial score (nSPS) is 23.0. The summed E-state index contributed by atoms with van der Waals surface area (Å²) in [6.45, 7) is 0. The molecule has 1 aliphatic rings. The molecule has 0 amide bonds. The number of alkyl halides is 2. The second-order valence-electron chi connectivity index (χ2n) is 2.52. The first-order valence-corrected chi connectivity index (χ1v) is 4.29. The van der Waals surface area contributed by atoms with Gasteiger partial charge in [0, 0.05) is 0 Å². The summed E-state index contributed by atoms with van der Waals surface area (Å²) in [6.07, 6.45) is 7.22. The van der Waals surface area contributed by atoms with Gasteiger partial charge in [-0.15, -0.1) is 23.2 Å². The first kappa shape index (κ1) is 7.68. The van der Waals surface area contributed by atoms with Crippen molar-refractivity contribution in [1.29, 1.82) is 0 Å². The van der Waals surface area contributed by atoms with Gasteiger partial charge in [0.25, 0.3) is 0 Å². The van der Waals surface area contributed by atoms with E-state index in [2.05, 4.69) is 6.42 Å². The molecule has 0 aromatic rings. The van der Waals surface area contributed by atoms with Crippen molar-refractivity contribution in [2.24, 2.45) is 5.92 Å². The summed E-state index contributed by atoms with van der Waals surface area (Å²) in [6, 6.07) is 0. The zero-order chi connectivity index (χ0) is 6.69. The number of hydrogen-bond acceptors (Lipinski definition) is 0. The number of halogens is 2. The van der Waals surface area contributed by atoms with E-state index in [0.29, 0.717) is 5.92 Å². The zero-order valence-corrected chi connectivity index (χ0v) is 6.83. The van der Waals surface area contributed by atoms with Crippen LogP contribution in [0.5, 0.6) is 0 Å². The van der Waals surface area contributed by atoms with Gasteiger partial charge in [-0.25, -0.2) is 0 Å². The molecular formula is C7H11Cl2. The smallest absolute Gasteiger partial charge is 0.105 e. The Kier molecular flexibility index (Phi) is 3.14. The highest BCUT2D eigenvalue weighted by atomic mass is 35.5. The Balaban J connectivity index is 2.23. The van der Waals surface area contributed by atoms with Crippen molar-refractivity contribution < 1.29 is 0 Å². The molecule has 0 bridgehead atoms. The summed E-state index contributed by atoms with van der Waals surface area (Å²) >= 11 is 11.4. The summed E-state index contributed by atoms with van der Waals surface area (Å²) in [5.41, 5.74) is 0. The largest absolute Gasteiger partial charge is 0.110 e. The summed E-state index contributed by atoms with van der Waals surface area (Å²) in [5.74, 6) is 0.460. The van der Waals surface area contributed by atoms with Crippen molar-refractivity contribution in [1.82, 2.24) is 0 Å². The van der Waals surface area contributed by atoms with Gasteiger partial charge in [0.1, 0.15) is 4.84 Å². The Morgan fingerprint density at radius 3 is 2.44 bits per heavy atom. The second kappa shape index (κ2) is 3.68. The summed E-state index contributed by atoms with van der Waals surface area (Å²) in [4.78, 5) is -0.176. The van der Waals surface area contributed by atoms with Crippen LogP contribution in [0.1, 0.15) is 25.7 Å². The van der Waals surface area contributed by atoms with Crippen molar-refractivity contribution >= 4 is 23.2 Å². The Hall–Kier alpha value is 0.580. The maximum absolute atomic E-state index is 5.69. The maximum atomic E-state index is 5.69. The molecule has 0 aliphatic heterocycles. The molecule has 1 rings (SSSR count). The van der Waals surface area contributed by atoms with Crippen molar-refractivity contribution in [2.75, 3.05) is 0 Å². The maximum Gasteiger partial charge on any atom is 0.110 e. The van der Waals surface area contributed by atoms with Gasteiger partial charge in [-0.2, -0.15) is 0 Å². The summed E-state index contributed by atoms with van der Waals surface area (Å²) in [7, 11) is 0. The fourth-order valence-corrected chi connectivity index (χ4v) is 1.66. The van der Waals surface area contributed by atoms with Gasteiger partial charge in [0.2, 0.25) is 0 Å². The van der Waals surface area contributed by atoms with Crippen LogP contribution in [0.4, 0.5) is 0 Å². The molecule has 1 saturated carbocycles. The van der Waals surface area contributed by atoms with Crippen LogP contribution >= 0.6 is 23.2 Å². The lowest BCUT2D eigenvalue weighted by Gasteiger charge is -2.21. The van der Waals surface area contributed by atoms with Gasteiger partial charge in [-0.1, -0.05) is 12.8 Å². The third kappa shape index (κ3) is 2.35. The number of hydrogen-bond donors (Lipinski definition) is 0. The van der Waals surface area contributed by atoms with Gasteiger partial charge in [0.15, 0.2) is 0 Å². The molecule has 0 spiro atoms. The van der Waals surface area contributed by atoms with E-state index in [9.17, 15) is 0 Å². The van der Waals surface area contributed by atoms with Gasteiger partial charge in [-0.05, 0) is 25.2 Å². The minimum atomic E-state index is -0.176. The SMILES string of the molecule is ClC(Cl)C1[CH]CCCC1. The Morgan fingerprint density at radius 2 is 2.11 bits per heavy atom.